The van der Waals surface area contributed by atoms with Gasteiger partial charge in [-0.05, 0) is 56.1 Å². The summed E-state index contributed by atoms with van der Waals surface area (Å²) in [7, 11) is 0. The van der Waals surface area contributed by atoms with Crippen molar-refractivity contribution in [3.63, 3.8) is 0 Å². The molecular formula is C16H23ClN4O2. The van der Waals surface area contributed by atoms with Crippen LogP contribution in [-0.4, -0.2) is 44.7 Å². The number of nitrogens with zero attached hydrogens (tertiary/aromatic N) is 1. The molecule has 0 aliphatic carbocycles. The van der Waals surface area contributed by atoms with Crippen LogP contribution in [0.15, 0.2) is 24.3 Å². The lowest BCUT2D eigenvalue weighted by Crippen LogP contribution is -2.38. The van der Waals surface area contributed by atoms with Crippen molar-refractivity contribution in [2.45, 2.75) is 12.8 Å². The van der Waals surface area contributed by atoms with Crippen LogP contribution in [0.3, 0.4) is 0 Å². The summed E-state index contributed by atoms with van der Waals surface area (Å²) in [4.78, 5) is 25.4. The molecule has 0 spiro atoms. The maximum absolute atomic E-state index is 12.2. The van der Waals surface area contributed by atoms with Gasteiger partial charge in [0.1, 0.15) is 0 Å². The van der Waals surface area contributed by atoms with E-state index in [-0.39, 0.29) is 24.3 Å². The van der Waals surface area contributed by atoms with Crippen molar-refractivity contribution in [1.82, 2.24) is 16.0 Å². The van der Waals surface area contributed by atoms with Crippen LogP contribution in [0.4, 0.5) is 10.5 Å². The molecule has 1 aromatic carbocycles. The largest absolute Gasteiger partial charge is 0.352 e. The standard InChI is InChI=1S/C16H22N4O2.ClH/c21-15(19-11-12-2-1-7-17-10-12)13-3-5-14(6-4-13)20-9-8-18-16(20)22;/h3-6,12,17H,1-2,7-11H2,(H,18,22)(H,19,21);1H. The Morgan fingerprint density at radius 2 is 2.04 bits per heavy atom. The number of benzene rings is 1. The van der Waals surface area contributed by atoms with E-state index in [1.54, 1.807) is 17.0 Å². The second-order valence-electron chi connectivity index (χ2n) is 5.85. The molecule has 3 N–H and O–H groups in total. The Morgan fingerprint density at radius 1 is 1.26 bits per heavy atom. The van der Waals surface area contributed by atoms with Gasteiger partial charge in [-0.25, -0.2) is 4.79 Å². The number of hydrogen-bond acceptors (Lipinski definition) is 3. The molecule has 0 aromatic heterocycles. The maximum atomic E-state index is 12.2. The zero-order valence-electron chi connectivity index (χ0n) is 13.0. The molecule has 2 fully saturated rings. The van der Waals surface area contributed by atoms with Gasteiger partial charge in [-0.15, -0.1) is 12.4 Å². The first kappa shape index (κ1) is 17.6. The van der Waals surface area contributed by atoms with Gasteiger partial charge in [0.25, 0.3) is 5.91 Å². The van der Waals surface area contributed by atoms with Gasteiger partial charge in [-0.3, -0.25) is 9.69 Å². The van der Waals surface area contributed by atoms with Crippen molar-refractivity contribution in [3.05, 3.63) is 29.8 Å². The first-order chi connectivity index (χ1) is 10.7. The highest BCUT2D eigenvalue weighted by Gasteiger charge is 2.21. The summed E-state index contributed by atoms with van der Waals surface area (Å²) in [5.74, 6) is 0.466. The molecule has 7 heteroatoms. The molecule has 1 unspecified atom stereocenters. The minimum atomic E-state index is -0.0815. The average molecular weight is 339 g/mol. The van der Waals surface area contributed by atoms with E-state index in [0.29, 0.717) is 31.1 Å². The third kappa shape index (κ3) is 4.36. The lowest BCUT2D eigenvalue weighted by Gasteiger charge is -2.22. The van der Waals surface area contributed by atoms with Gasteiger partial charge < -0.3 is 16.0 Å². The maximum Gasteiger partial charge on any atom is 0.321 e. The summed E-state index contributed by atoms with van der Waals surface area (Å²) in [6.07, 6.45) is 2.34. The van der Waals surface area contributed by atoms with E-state index in [1.165, 1.54) is 6.42 Å². The highest BCUT2D eigenvalue weighted by molar-refractivity contribution is 5.97. The third-order valence-electron chi connectivity index (χ3n) is 4.25. The fourth-order valence-electron chi connectivity index (χ4n) is 2.95. The van der Waals surface area contributed by atoms with Crippen molar-refractivity contribution >= 4 is 30.0 Å². The summed E-state index contributed by atoms with van der Waals surface area (Å²) in [5.41, 5.74) is 1.45. The number of halogens is 1. The summed E-state index contributed by atoms with van der Waals surface area (Å²) < 4.78 is 0. The Labute approximate surface area is 142 Å². The van der Waals surface area contributed by atoms with Gasteiger partial charge in [0.05, 0.1) is 0 Å². The van der Waals surface area contributed by atoms with E-state index in [1.807, 2.05) is 12.1 Å². The zero-order chi connectivity index (χ0) is 15.4. The van der Waals surface area contributed by atoms with Gasteiger partial charge in [-0.1, -0.05) is 0 Å². The van der Waals surface area contributed by atoms with E-state index in [0.717, 1.165) is 25.2 Å². The normalized spacial score (nSPS) is 20.6. The van der Waals surface area contributed by atoms with Gasteiger partial charge in [0.15, 0.2) is 0 Å². The van der Waals surface area contributed by atoms with Crippen LogP contribution >= 0.6 is 12.4 Å². The Balaban J connectivity index is 0.00000192. The summed E-state index contributed by atoms with van der Waals surface area (Å²) >= 11 is 0. The lowest BCUT2D eigenvalue weighted by molar-refractivity contribution is 0.0945. The predicted molar refractivity (Wildman–Crippen MR) is 92.4 cm³/mol. The third-order valence-corrected chi connectivity index (χ3v) is 4.25. The van der Waals surface area contributed by atoms with Gasteiger partial charge in [0.2, 0.25) is 0 Å². The lowest BCUT2D eigenvalue weighted by atomic mass is 9.99. The number of carbonyl (C=O) groups is 2. The van der Waals surface area contributed by atoms with Crippen molar-refractivity contribution in [2.24, 2.45) is 5.92 Å². The average Bonchev–Trinajstić information content (AvgIpc) is 3.00. The number of nitrogens with one attached hydrogen (secondary N) is 3. The number of piperidine rings is 1. The first-order valence-electron chi connectivity index (χ1n) is 7.88. The molecule has 3 rings (SSSR count). The molecule has 2 heterocycles. The van der Waals surface area contributed by atoms with Crippen LogP contribution in [0.5, 0.6) is 0 Å². The number of anilines is 1. The van der Waals surface area contributed by atoms with Gasteiger partial charge >= 0.3 is 6.03 Å². The van der Waals surface area contributed by atoms with Crippen molar-refractivity contribution < 1.29 is 9.59 Å². The number of amides is 3. The summed E-state index contributed by atoms with van der Waals surface area (Å²) in [6, 6.07) is 7.11. The fourth-order valence-corrected chi connectivity index (χ4v) is 2.95. The van der Waals surface area contributed by atoms with Gasteiger partial charge in [-0.2, -0.15) is 0 Å². The highest BCUT2D eigenvalue weighted by atomic mass is 35.5. The molecule has 126 valence electrons. The molecule has 2 aliphatic heterocycles. The molecule has 2 saturated heterocycles. The fraction of sp³-hybridized carbons (Fsp3) is 0.500. The van der Waals surface area contributed by atoms with Crippen LogP contribution in [0.2, 0.25) is 0 Å². The monoisotopic (exact) mass is 338 g/mol. The molecule has 1 atom stereocenters. The SMILES string of the molecule is Cl.O=C(NCC1CCCNC1)c1ccc(N2CCNC2=O)cc1. The van der Waals surface area contributed by atoms with Gasteiger partial charge in [0, 0.05) is 30.9 Å². The Kier molecular flexibility index (Phi) is 6.24. The van der Waals surface area contributed by atoms with E-state index >= 15 is 0 Å². The topological polar surface area (TPSA) is 73.5 Å². The van der Waals surface area contributed by atoms with Crippen LogP contribution in [0, 0.1) is 5.92 Å². The Bertz CT molecular complexity index is 544. The zero-order valence-corrected chi connectivity index (χ0v) is 13.8. The van der Waals surface area contributed by atoms with Crippen LogP contribution < -0.4 is 20.9 Å². The first-order valence-corrected chi connectivity index (χ1v) is 7.88. The molecule has 2 aliphatic rings. The quantitative estimate of drug-likeness (QED) is 0.776. The number of rotatable bonds is 4. The Morgan fingerprint density at radius 3 is 2.65 bits per heavy atom. The van der Waals surface area contributed by atoms with E-state index in [4.69, 9.17) is 0 Å². The van der Waals surface area contributed by atoms with Crippen LogP contribution in [-0.2, 0) is 0 Å². The number of urea groups is 1. The number of hydrogen-bond donors (Lipinski definition) is 3. The second-order valence-corrected chi connectivity index (χ2v) is 5.85. The molecule has 23 heavy (non-hydrogen) atoms. The predicted octanol–water partition coefficient (Wildman–Crippen LogP) is 1.37. The van der Waals surface area contributed by atoms with Crippen molar-refractivity contribution in [3.8, 4) is 0 Å². The van der Waals surface area contributed by atoms with E-state index in [9.17, 15) is 9.59 Å². The molecule has 0 bridgehead atoms. The second kappa shape index (κ2) is 8.17. The smallest absolute Gasteiger partial charge is 0.321 e. The van der Waals surface area contributed by atoms with E-state index < -0.39 is 0 Å². The van der Waals surface area contributed by atoms with Crippen LogP contribution in [0.25, 0.3) is 0 Å². The molecule has 3 amide bonds. The molecule has 0 saturated carbocycles. The van der Waals surface area contributed by atoms with Crippen molar-refractivity contribution in [1.29, 1.82) is 0 Å². The minimum absolute atomic E-state index is 0. The van der Waals surface area contributed by atoms with Crippen LogP contribution in [0.1, 0.15) is 23.2 Å². The number of carbonyl (C=O) groups excluding carboxylic acids is 2. The summed E-state index contributed by atoms with van der Waals surface area (Å²) in [5, 5.41) is 9.11. The highest BCUT2D eigenvalue weighted by Crippen LogP contribution is 2.17. The summed E-state index contributed by atoms with van der Waals surface area (Å²) in [6.45, 7) is 4.09. The molecule has 6 nitrogen and oxygen atoms in total. The Hall–Kier alpha value is -1.79. The molecular weight excluding hydrogens is 316 g/mol. The molecule has 1 aromatic rings. The van der Waals surface area contributed by atoms with Crippen molar-refractivity contribution in [2.75, 3.05) is 37.6 Å². The van der Waals surface area contributed by atoms with E-state index in [2.05, 4.69) is 16.0 Å². The molecule has 0 radical (unpaired) electrons. The minimum Gasteiger partial charge on any atom is -0.352 e.